The largest absolute Gasteiger partial charge is 0.302 e. The minimum Gasteiger partial charge on any atom is -0.302 e. The van der Waals surface area contributed by atoms with Crippen LogP contribution in [0, 0.1) is 11.7 Å². The summed E-state index contributed by atoms with van der Waals surface area (Å²) in [6.45, 7) is 0.404. The zero-order chi connectivity index (χ0) is 23.7. The number of benzene rings is 3. The van der Waals surface area contributed by atoms with E-state index >= 15 is 0 Å². The van der Waals surface area contributed by atoms with E-state index < -0.39 is 21.8 Å². The van der Waals surface area contributed by atoms with Gasteiger partial charge in [-0.2, -0.15) is 4.31 Å². The number of aromatic nitrogens is 1. The molecule has 5 rings (SSSR count). The van der Waals surface area contributed by atoms with Gasteiger partial charge in [0.15, 0.2) is 5.13 Å². The summed E-state index contributed by atoms with van der Waals surface area (Å²) in [7, 11) is -3.79. The molecule has 1 N–H and O–H groups in total. The standard InChI is InChI=1S/C25H22FN3O3S2/c26-21-9-11-22(12-10-21)34(31,32)29-13-3-6-20(15-29)24(30)28-25-27-23(16-33-25)19-8-7-17-4-1-2-5-18(17)14-19/h1-2,4-5,7-12,14,16,20H,3,6,13,15H2,(H,27,28,30). The van der Waals surface area contributed by atoms with Gasteiger partial charge >= 0.3 is 0 Å². The normalized spacial score (nSPS) is 17.0. The highest BCUT2D eigenvalue weighted by Crippen LogP contribution is 2.29. The Bertz CT molecular complexity index is 1450. The number of thiazole rings is 1. The Hall–Kier alpha value is -3.14. The Balaban J connectivity index is 1.28. The lowest BCUT2D eigenvalue weighted by Gasteiger charge is -2.31. The van der Waals surface area contributed by atoms with Crippen LogP contribution in [0.3, 0.4) is 0 Å². The van der Waals surface area contributed by atoms with Crippen molar-refractivity contribution in [2.24, 2.45) is 5.92 Å². The van der Waals surface area contributed by atoms with E-state index in [-0.39, 0.29) is 17.3 Å². The van der Waals surface area contributed by atoms with Gasteiger partial charge < -0.3 is 5.32 Å². The summed E-state index contributed by atoms with van der Waals surface area (Å²) in [5.74, 6) is -1.24. The number of hydrogen-bond donors (Lipinski definition) is 1. The number of nitrogens with one attached hydrogen (secondary N) is 1. The Morgan fingerprint density at radius 3 is 2.62 bits per heavy atom. The number of rotatable bonds is 5. The van der Waals surface area contributed by atoms with Crippen molar-refractivity contribution < 1.29 is 17.6 Å². The molecular weight excluding hydrogens is 473 g/mol. The summed E-state index contributed by atoms with van der Waals surface area (Å²) >= 11 is 1.34. The predicted octanol–water partition coefficient (Wildman–Crippen LogP) is 5.14. The molecule has 1 aromatic heterocycles. The van der Waals surface area contributed by atoms with Crippen LogP contribution in [0.4, 0.5) is 9.52 Å². The van der Waals surface area contributed by atoms with Crippen LogP contribution < -0.4 is 5.32 Å². The number of hydrogen-bond acceptors (Lipinski definition) is 5. The average Bonchev–Trinajstić information content (AvgIpc) is 3.32. The van der Waals surface area contributed by atoms with Crippen molar-refractivity contribution in [3.8, 4) is 11.3 Å². The summed E-state index contributed by atoms with van der Waals surface area (Å²) in [5, 5.41) is 7.49. The van der Waals surface area contributed by atoms with Gasteiger partial charge in [0.05, 0.1) is 16.5 Å². The van der Waals surface area contributed by atoms with E-state index in [2.05, 4.69) is 22.4 Å². The van der Waals surface area contributed by atoms with E-state index in [0.29, 0.717) is 24.5 Å². The van der Waals surface area contributed by atoms with Crippen LogP contribution in [-0.4, -0.2) is 36.7 Å². The second kappa shape index (κ2) is 9.25. The Labute approximate surface area is 201 Å². The second-order valence-electron chi connectivity index (χ2n) is 8.25. The molecule has 0 bridgehead atoms. The van der Waals surface area contributed by atoms with Crippen LogP contribution in [0.15, 0.2) is 77.0 Å². The lowest BCUT2D eigenvalue weighted by molar-refractivity contribution is -0.120. The molecule has 0 spiro atoms. The lowest BCUT2D eigenvalue weighted by atomic mass is 9.99. The number of carbonyl (C=O) groups excluding carboxylic acids is 1. The molecule has 9 heteroatoms. The number of nitrogens with zero attached hydrogens (tertiary/aromatic N) is 2. The molecule has 1 fully saturated rings. The van der Waals surface area contributed by atoms with Crippen molar-refractivity contribution >= 4 is 43.2 Å². The molecule has 1 aliphatic rings. The fourth-order valence-electron chi connectivity index (χ4n) is 4.15. The van der Waals surface area contributed by atoms with Crippen LogP contribution in [0.1, 0.15) is 12.8 Å². The molecule has 174 valence electrons. The maximum absolute atomic E-state index is 13.2. The van der Waals surface area contributed by atoms with Gasteiger partial charge in [0.2, 0.25) is 15.9 Å². The molecule has 6 nitrogen and oxygen atoms in total. The van der Waals surface area contributed by atoms with Crippen LogP contribution in [0.25, 0.3) is 22.0 Å². The third kappa shape index (κ3) is 4.59. The fourth-order valence-corrected chi connectivity index (χ4v) is 6.40. The molecular formula is C25H22FN3O3S2. The second-order valence-corrected chi connectivity index (χ2v) is 11.0. The van der Waals surface area contributed by atoms with Gasteiger partial charge in [-0.15, -0.1) is 11.3 Å². The maximum Gasteiger partial charge on any atom is 0.243 e. The van der Waals surface area contributed by atoms with Crippen LogP contribution in [0.5, 0.6) is 0 Å². The lowest BCUT2D eigenvalue weighted by Crippen LogP contribution is -2.43. The predicted molar refractivity (Wildman–Crippen MR) is 132 cm³/mol. The van der Waals surface area contributed by atoms with E-state index in [4.69, 9.17) is 0 Å². The molecule has 4 aromatic rings. The third-order valence-electron chi connectivity index (χ3n) is 5.99. The molecule has 2 heterocycles. The van der Waals surface area contributed by atoms with Crippen molar-refractivity contribution in [1.29, 1.82) is 0 Å². The van der Waals surface area contributed by atoms with Gasteiger partial charge in [0, 0.05) is 24.0 Å². The van der Waals surface area contributed by atoms with Crippen LogP contribution in [-0.2, 0) is 14.8 Å². The Kier molecular flexibility index (Phi) is 6.16. The van der Waals surface area contributed by atoms with Gasteiger partial charge in [0.1, 0.15) is 5.82 Å². The first-order chi connectivity index (χ1) is 16.4. The smallest absolute Gasteiger partial charge is 0.243 e. The molecule has 0 aliphatic carbocycles. The summed E-state index contributed by atoms with van der Waals surface area (Å²) < 4.78 is 40.4. The summed E-state index contributed by atoms with van der Waals surface area (Å²) in [5.41, 5.74) is 1.74. The van der Waals surface area contributed by atoms with Crippen molar-refractivity contribution in [3.63, 3.8) is 0 Å². The highest BCUT2D eigenvalue weighted by molar-refractivity contribution is 7.89. The number of halogens is 1. The molecule has 3 aromatic carbocycles. The monoisotopic (exact) mass is 495 g/mol. The first-order valence-corrected chi connectivity index (χ1v) is 13.2. The van der Waals surface area contributed by atoms with Gasteiger partial charge in [-0.3, -0.25) is 4.79 Å². The van der Waals surface area contributed by atoms with Gasteiger partial charge in [-0.25, -0.2) is 17.8 Å². The molecule has 1 amide bonds. The number of sulfonamides is 1. The molecule has 1 saturated heterocycles. The number of piperidine rings is 1. The molecule has 1 atom stereocenters. The van der Waals surface area contributed by atoms with E-state index in [1.165, 1.54) is 27.8 Å². The van der Waals surface area contributed by atoms with E-state index in [1.807, 2.05) is 35.7 Å². The minimum atomic E-state index is -3.79. The molecule has 1 unspecified atom stereocenters. The highest BCUT2D eigenvalue weighted by Gasteiger charge is 2.33. The van der Waals surface area contributed by atoms with Crippen molar-refractivity contribution in [2.45, 2.75) is 17.7 Å². The number of carbonyl (C=O) groups is 1. The topological polar surface area (TPSA) is 79.4 Å². The first-order valence-electron chi connectivity index (χ1n) is 10.9. The van der Waals surface area contributed by atoms with E-state index in [0.717, 1.165) is 34.2 Å². The van der Waals surface area contributed by atoms with Crippen molar-refractivity contribution in [3.05, 3.63) is 77.9 Å². The zero-order valence-corrected chi connectivity index (χ0v) is 19.8. The van der Waals surface area contributed by atoms with E-state index in [9.17, 15) is 17.6 Å². The van der Waals surface area contributed by atoms with Gasteiger partial charge in [-0.1, -0.05) is 36.4 Å². The summed E-state index contributed by atoms with van der Waals surface area (Å²) in [6.07, 6.45) is 1.16. The number of anilines is 1. The van der Waals surface area contributed by atoms with Gasteiger partial charge in [-0.05, 0) is 53.9 Å². The average molecular weight is 496 g/mol. The third-order valence-corrected chi connectivity index (χ3v) is 8.62. The number of fused-ring (bicyclic) bond motifs is 1. The van der Waals surface area contributed by atoms with Crippen LogP contribution in [0.2, 0.25) is 0 Å². The zero-order valence-electron chi connectivity index (χ0n) is 18.1. The molecule has 0 radical (unpaired) electrons. The number of amides is 1. The quantitative estimate of drug-likeness (QED) is 0.416. The minimum absolute atomic E-state index is 0.0231. The SMILES string of the molecule is O=C(Nc1nc(-c2ccc3ccccc3c2)cs1)C1CCCN(S(=O)(=O)c2ccc(F)cc2)C1. The summed E-state index contributed by atoms with van der Waals surface area (Å²) in [4.78, 5) is 17.5. The highest BCUT2D eigenvalue weighted by atomic mass is 32.2. The Morgan fingerprint density at radius 2 is 1.82 bits per heavy atom. The molecule has 34 heavy (non-hydrogen) atoms. The first kappa shape index (κ1) is 22.6. The van der Waals surface area contributed by atoms with E-state index in [1.54, 1.807) is 0 Å². The van der Waals surface area contributed by atoms with Gasteiger partial charge in [0.25, 0.3) is 0 Å². The van der Waals surface area contributed by atoms with Crippen LogP contribution >= 0.6 is 11.3 Å². The molecule has 1 aliphatic heterocycles. The van der Waals surface area contributed by atoms with Crippen molar-refractivity contribution in [2.75, 3.05) is 18.4 Å². The maximum atomic E-state index is 13.2. The molecule has 0 saturated carbocycles. The summed E-state index contributed by atoms with van der Waals surface area (Å²) in [6, 6.07) is 18.9. The van der Waals surface area contributed by atoms with Crippen molar-refractivity contribution in [1.82, 2.24) is 9.29 Å². The fraction of sp³-hybridized carbons (Fsp3) is 0.200. The Morgan fingerprint density at radius 1 is 1.06 bits per heavy atom.